The summed E-state index contributed by atoms with van der Waals surface area (Å²) in [5.74, 6) is 0.957. The van der Waals surface area contributed by atoms with Crippen molar-refractivity contribution in [1.82, 2.24) is 9.78 Å². The molecular weight excluding hydrogens is 400 g/mol. The first kappa shape index (κ1) is 20.9. The van der Waals surface area contributed by atoms with Crippen LogP contribution in [0.1, 0.15) is 21.5 Å². The Kier molecular flexibility index (Phi) is 6.00. The molecule has 0 aliphatic carbocycles. The summed E-state index contributed by atoms with van der Waals surface area (Å²) in [5, 5.41) is 16.7. The van der Waals surface area contributed by atoms with Gasteiger partial charge in [-0.1, -0.05) is 42.0 Å². The van der Waals surface area contributed by atoms with E-state index >= 15 is 0 Å². The Morgan fingerprint density at radius 1 is 1.06 bits per heavy atom. The molecule has 0 bridgehead atoms. The van der Waals surface area contributed by atoms with E-state index in [1.807, 2.05) is 67.6 Å². The minimum Gasteiger partial charge on any atom is -0.496 e. The minimum absolute atomic E-state index is 0.250. The number of hydrogen-bond donors (Lipinski definition) is 1. The van der Waals surface area contributed by atoms with Gasteiger partial charge in [-0.3, -0.25) is 4.79 Å². The van der Waals surface area contributed by atoms with E-state index in [1.54, 1.807) is 30.0 Å². The maximum absolute atomic E-state index is 13.0. The van der Waals surface area contributed by atoms with E-state index in [0.29, 0.717) is 22.8 Å². The number of nitrogens with one attached hydrogen (secondary N) is 1. The average molecular weight is 422 g/mol. The quantitative estimate of drug-likeness (QED) is 0.465. The number of aromatic nitrogens is 2. The normalized spacial score (nSPS) is 10.4. The van der Waals surface area contributed by atoms with Crippen LogP contribution >= 0.6 is 0 Å². The molecule has 32 heavy (non-hydrogen) atoms. The molecule has 0 radical (unpaired) electrons. The molecule has 4 rings (SSSR count). The van der Waals surface area contributed by atoms with Gasteiger partial charge < -0.3 is 10.1 Å². The largest absolute Gasteiger partial charge is 0.496 e. The number of benzene rings is 3. The zero-order valence-electron chi connectivity index (χ0n) is 17.9. The van der Waals surface area contributed by atoms with Crippen molar-refractivity contribution in [2.75, 3.05) is 12.4 Å². The van der Waals surface area contributed by atoms with E-state index in [-0.39, 0.29) is 12.3 Å². The third-order valence-corrected chi connectivity index (χ3v) is 5.08. The molecule has 3 aromatic carbocycles. The third kappa shape index (κ3) is 4.37. The molecule has 0 fully saturated rings. The van der Waals surface area contributed by atoms with E-state index in [0.717, 1.165) is 22.4 Å². The zero-order valence-corrected chi connectivity index (χ0v) is 17.9. The second-order valence-corrected chi connectivity index (χ2v) is 7.35. The van der Waals surface area contributed by atoms with Crippen LogP contribution in [0.4, 0.5) is 5.82 Å². The van der Waals surface area contributed by atoms with Crippen LogP contribution in [0.25, 0.3) is 16.9 Å². The molecule has 0 spiro atoms. The molecule has 0 atom stereocenters. The van der Waals surface area contributed by atoms with Crippen LogP contribution in [0.3, 0.4) is 0 Å². The molecule has 1 N–H and O–H groups in total. The highest BCUT2D eigenvalue weighted by Crippen LogP contribution is 2.31. The lowest BCUT2D eigenvalue weighted by molar-refractivity contribution is 0.102. The Bertz CT molecular complexity index is 1300. The number of aryl methyl sites for hydroxylation is 1. The van der Waals surface area contributed by atoms with Crippen LogP contribution in [0, 0.1) is 18.3 Å². The number of nitriles is 1. The highest BCUT2D eigenvalue weighted by molar-refractivity contribution is 6.04. The van der Waals surface area contributed by atoms with E-state index in [1.165, 1.54) is 0 Å². The third-order valence-electron chi connectivity index (χ3n) is 5.08. The predicted molar refractivity (Wildman–Crippen MR) is 124 cm³/mol. The number of ether oxygens (including phenoxy) is 1. The van der Waals surface area contributed by atoms with Crippen molar-refractivity contribution in [3.05, 3.63) is 95.6 Å². The molecule has 1 amide bonds. The number of anilines is 1. The number of methoxy groups -OCH3 is 1. The Balaban J connectivity index is 1.75. The molecule has 158 valence electrons. The second kappa shape index (κ2) is 9.19. The maximum atomic E-state index is 13.0. The molecule has 4 aromatic rings. The molecule has 0 aliphatic rings. The fraction of sp³-hybridized carbons (Fsp3) is 0.115. The smallest absolute Gasteiger partial charge is 0.256 e. The van der Waals surface area contributed by atoms with Gasteiger partial charge in [0.15, 0.2) is 0 Å². The summed E-state index contributed by atoms with van der Waals surface area (Å²) >= 11 is 0. The van der Waals surface area contributed by atoms with Crippen LogP contribution < -0.4 is 10.1 Å². The molecule has 0 saturated heterocycles. The number of para-hydroxylation sites is 1. The van der Waals surface area contributed by atoms with Gasteiger partial charge in [-0.15, -0.1) is 0 Å². The van der Waals surface area contributed by atoms with Crippen molar-refractivity contribution in [2.24, 2.45) is 0 Å². The van der Waals surface area contributed by atoms with Gasteiger partial charge in [0, 0.05) is 17.2 Å². The second-order valence-electron chi connectivity index (χ2n) is 7.35. The highest BCUT2D eigenvalue weighted by atomic mass is 16.5. The topological polar surface area (TPSA) is 79.9 Å². The predicted octanol–water partition coefficient (Wildman–Crippen LogP) is 5.17. The fourth-order valence-electron chi connectivity index (χ4n) is 3.44. The van der Waals surface area contributed by atoms with Gasteiger partial charge in [0.25, 0.3) is 5.91 Å². The minimum atomic E-state index is -0.273. The summed E-state index contributed by atoms with van der Waals surface area (Å²) in [6.45, 7) is 2.02. The van der Waals surface area contributed by atoms with Gasteiger partial charge >= 0.3 is 0 Å². The van der Waals surface area contributed by atoms with Crippen LogP contribution in [-0.4, -0.2) is 22.8 Å². The first-order valence-electron chi connectivity index (χ1n) is 10.2. The van der Waals surface area contributed by atoms with Crippen LogP contribution in [0.5, 0.6) is 5.75 Å². The summed E-state index contributed by atoms with van der Waals surface area (Å²) in [7, 11) is 1.62. The summed E-state index contributed by atoms with van der Waals surface area (Å²) in [5.41, 5.74) is 4.73. The number of hydrogen-bond acceptors (Lipinski definition) is 4. The number of rotatable bonds is 6. The van der Waals surface area contributed by atoms with E-state index in [4.69, 9.17) is 15.1 Å². The molecule has 0 unspecified atom stereocenters. The standard InChI is InChI=1S/C26H22N4O2/c1-18-10-12-21(13-11-18)30-25(17-23(29-30)22-8-3-4-9-24(22)32-2)28-26(31)20-7-5-6-19(16-20)14-15-27/h3-13,16-17H,14H2,1-2H3,(H,28,31). The summed E-state index contributed by atoms with van der Waals surface area (Å²) in [6.07, 6.45) is 0.250. The van der Waals surface area contributed by atoms with E-state index in [2.05, 4.69) is 11.4 Å². The van der Waals surface area contributed by atoms with Crippen molar-refractivity contribution < 1.29 is 9.53 Å². The maximum Gasteiger partial charge on any atom is 0.256 e. The van der Waals surface area contributed by atoms with Crippen molar-refractivity contribution in [1.29, 1.82) is 5.26 Å². The lowest BCUT2D eigenvalue weighted by atomic mass is 10.1. The number of amides is 1. The highest BCUT2D eigenvalue weighted by Gasteiger charge is 2.17. The van der Waals surface area contributed by atoms with Crippen LogP contribution in [0.15, 0.2) is 78.9 Å². The Morgan fingerprint density at radius 3 is 2.59 bits per heavy atom. The fourth-order valence-corrected chi connectivity index (χ4v) is 3.44. The number of carbonyl (C=O) groups is 1. The molecule has 0 saturated carbocycles. The summed E-state index contributed by atoms with van der Waals surface area (Å²) in [4.78, 5) is 13.0. The van der Waals surface area contributed by atoms with Crippen molar-refractivity contribution >= 4 is 11.7 Å². The van der Waals surface area contributed by atoms with Gasteiger partial charge in [-0.05, 0) is 48.9 Å². The van der Waals surface area contributed by atoms with Crippen LogP contribution in [0.2, 0.25) is 0 Å². The van der Waals surface area contributed by atoms with Gasteiger partial charge in [0.2, 0.25) is 0 Å². The Morgan fingerprint density at radius 2 is 1.84 bits per heavy atom. The van der Waals surface area contributed by atoms with Crippen molar-refractivity contribution in [2.45, 2.75) is 13.3 Å². The van der Waals surface area contributed by atoms with E-state index < -0.39 is 0 Å². The molecule has 1 heterocycles. The van der Waals surface area contributed by atoms with Gasteiger partial charge in [-0.25, -0.2) is 4.68 Å². The van der Waals surface area contributed by atoms with E-state index in [9.17, 15) is 4.79 Å². The van der Waals surface area contributed by atoms with Gasteiger partial charge in [-0.2, -0.15) is 10.4 Å². The van der Waals surface area contributed by atoms with Gasteiger partial charge in [0.1, 0.15) is 11.6 Å². The van der Waals surface area contributed by atoms with Crippen LogP contribution in [-0.2, 0) is 6.42 Å². The first-order chi connectivity index (χ1) is 15.6. The Hall–Kier alpha value is -4.37. The molecule has 6 heteroatoms. The van der Waals surface area contributed by atoms with Crippen molar-refractivity contribution in [3.8, 4) is 28.8 Å². The molecule has 0 aliphatic heterocycles. The lowest BCUT2D eigenvalue weighted by Crippen LogP contribution is -2.15. The molecular formula is C26H22N4O2. The monoisotopic (exact) mass is 422 g/mol. The van der Waals surface area contributed by atoms with Gasteiger partial charge in [0.05, 0.1) is 31.0 Å². The average Bonchev–Trinajstić information content (AvgIpc) is 3.23. The zero-order chi connectivity index (χ0) is 22.5. The Labute approximate surface area is 186 Å². The number of carbonyl (C=O) groups excluding carboxylic acids is 1. The summed E-state index contributed by atoms with van der Waals surface area (Å²) < 4.78 is 7.20. The first-order valence-corrected chi connectivity index (χ1v) is 10.2. The lowest BCUT2D eigenvalue weighted by Gasteiger charge is -2.10. The number of nitrogens with zero attached hydrogens (tertiary/aromatic N) is 3. The summed E-state index contributed by atoms with van der Waals surface area (Å²) in [6, 6.07) is 26.5. The van der Waals surface area contributed by atoms with Crippen molar-refractivity contribution in [3.63, 3.8) is 0 Å². The molecule has 6 nitrogen and oxygen atoms in total. The molecule has 1 aromatic heterocycles. The SMILES string of the molecule is COc1ccccc1-c1cc(NC(=O)c2cccc(CC#N)c2)n(-c2ccc(C)cc2)n1.